The van der Waals surface area contributed by atoms with Crippen LogP contribution in [0.1, 0.15) is 13.3 Å². The van der Waals surface area contributed by atoms with Crippen molar-refractivity contribution in [3.8, 4) is 0 Å². The summed E-state index contributed by atoms with van der Waals surface area (Å²) in [5.41, 5.74) is 0. The Morgan fingerprint density at radius 1 is 1.50 bits per heavy atom. The molecule has 0 bridgehead atoms. The van der Waals surface area contributed by atoms with Crippen LogP contribution in [0.15, 0.2) is 0 Å². The molecular weight excluding hydrogens is 171 g/mol. The number of rotatable bonds is 2. The molecule has 0 heterocycles. The zero-order valence-electron chi connectivity index (χ0n) is 4.52. The van der Waals surface area contributed by atoms with Gasteiger partial charge in [-0.25, -0.2) is 0 Å². The third-order valence-corrected chi connectivity index (χ3v) is 1.54. The SMILES string of the molecule is CCCP(=O)(O)O.[Fe]. The van der Waals surface area contributed by atoms with Crippen LogP contribution in [-0.2, 0) is 21.6 Å². The van der Waals surface area contributed by atoms with E-state index in [1.54, 1.807) is 6.92 Å². The fraction of sp³-hybridized carbons (Fsp3) is 1.00. The summed E-state index contributed by atoms with van der Waals surface area (Å²) in [7, 11) is -3.67. The second-order valence-electron chi connectivity index (χ2n) is 1.39. The first-order valence-corrected chi connectivity index (χ1v) is 3.90. The van der Waals surface area contributed by atoms with Crippen LogP contribution in [0.5, 0.6) is 0 Å². The molecule has 0 aliphatic heterocycles. The Kier molecular flexibility index (Phi) is 6.50. The molecule has 0 saturated carbocycles. The quantitative estimate of drug-likeness (QED) is 0.482. The Bertz CT molecular complexity index is 88.5. The van der Waals surface area contributed by atoms with Gasteiger partial charge < -0.3 is 9.79 Å². The van der Waals surface area contributed by atoms with E-state index in [0.717, 1.165) is 0 Å². The monoisotopic (exact) mass is 180 g/mol. The zero-order chi connectivity index (χ0) is 5.91. The minimum atomic E-state index is -3.67. The molecule has 0 fully saturated rings. The van der Waals surface area contributed by atoms with Crippen molar-refractivity contribution in [2.75, 3.05) is 6.16 Å². The topological polar surface area (TPSA) is 57.5 Å². The Hall–Kier alpha value is 0.669. The van der Waals surface area contributed by atoms with Gasteiger partial charge in [-0.1, -0.05) is 6.92 Å². The summed E-state index contributed by atoms with van der Waals surface area (Å²) < 4.78 is 9.93. The van der Waals surface area contributed by atoms with Gasteiger partial charge in [0.1, 0.15) is 0 Å². The molecule has 0 atom stereocenters. The molecule has 0 rings (SSSR count). The Balaban J connectivity index is 0. The van der Waals surface area contributed by atoms with Crippen molar-refractivity contribution in [3.05, 3.63) is 0 Å². The minimum absolute atomic E-state index is 0. The largest absolute Gasteiger partial charge is 0.325 e. The third kappa shape index (κ3) is 9.83. The first-order valence-electron chi connectivity index (χ1n) is 2.11. The Labute approximate surface area is 59.1 Å². The van der Waals surface area contributed by atoms with E-state index in [1.165, 1.54) is 0 Å². The number of hydrogen-bond donors (Lipinski definition) is 2. The van der Waals surface area contributed by atoms with Gasteiger partial charge in [0.05, 0.1) is 0 Å². The summed E-state index contributed by atoms with van der Waals surface area (Å²) in [6.45, 7) is 1.74. The molecule has 8 heavy (non-hydrogen) atoms. The number of hydrogen-bond acceptors (Lipinski definition) is 1. The van der Waals surface area contributed by atoms with E-state index in [-0.39, 0.29) is 23.2 Å². The zero-order valence-corrected chi connectivity index (χ0v) is 6.52. The molecule has 52 valence electrons. The molecular formula is C3H9FeO3P. The molecule has 0 spiro atoms. The second kappa shape index (κ2) is 4.54. The van der Waals surface area contributed by atoms with E-state index in [2.05, 4.69) is 0 Å². The molecule has 0 unspecified atom stereocenters. The van der Waals surface area contributed by atoms with Crippen molar-refractivity contribution in [3.63, 3.8) is 0 Å². The molecule has 0 aromatic rings. The second-order valence-corrected chi connectivity index (χ2v) is 3.16. The van der Waals surface area contributed by atoms with Crippen LogP contribution in [0.4, 0.5) is 0 Å². The van der Waals surface area contributed by atoms with Crippen LogP contribution in [0, 0.1) is 0 Å². The molecule has 5 heteroatoms. The summed E-state index contributed by atoms with van der Waals surface area (Å²) >= 11 is 0. The van der Waals surface area contributed by atoms with E-state index >= 15 is 0 Å². The van der Waals surface area contributed by atoms with Crippen molar-refractivity contribution in [2.24, 2.45) is 0 Å². The molecule has 0 radical (unpaired) electrons. The van der Waals surface area contributed by atoms with Crippen molar-refractivity contribution in [1.29, 1.82) is 0 Å². The standard InChI is InChI=1S/C3H9O3P.Fe/c1-2-3-7(4,5)6;/h2-3H2,1H3,(H2,4,5,6);. The van der Waals surface area contributed by atoms with Gasteiger partial charge in [0, 0.05) is 23.2 Å². The summed E-state index contributed by atoms with van der Waals surface area (Å²) in [6, 6.07) is 0. The van der Waals surface area contributed by atoms with Gasteiger partial charge in [-0.3, -0.25) is 4.57 Å². The molecule has 0 saturated heterocycles. The van der Waals surface area contributed by atoms with Crippen LogP contribution < -0.4 is 0 Å². The molecule has 0 aromatic heterocycles. The average molecular weight is 180 g/mol. The Morgan fingerprint density at radius 2 is 1.88 bits per heavy atom. The van der Waals surface area contributed by atoms with Crippen LogP contribution in [0.2, 0.25) is 0 Å². The average Bonchev–Trinajstić information content (AvgIpc) is 1.30. The maximum atomic E-state index is 9.93. The summed E-state index contributed by atoms with van der Waals surface area (Å²) in [5, 5.41) is 0. The smallest absolute Gasteiger partial charge is 0.324 e. The maximum Gasteiger partial charge on any atom is 0.325 e. The van der Waals surface area contributed by atoms with Gasteiger partial charge in [0.25, 0.3) is 0 Å². The summed E-state index contributed by atoms with van der Waals surface area (Å²) in [4.78, 5) is 16.3. The fourth-order valence-corrected chi connectivity index (χ4v) is 0.874. The van der Waals surface area contributed by atoms with Crippen LogP contribution >= 0.6 is 7.60 Å². The van der Waals surface area contributed by atoms with E-state index in [1.807, 2.05) is 0 Å². The van der Waals surface area contributed by atoms with Gasteiger partial charge in [-0.15, -0.1) is 0 Å². The molecule has 2 N–H and O–H groups in total. The van der Waals surface area contributed by atoms with Crippen molar-refractivity contribution >= 4 is 7.60 Å². The summed E-state index contributed by atoms with van der Waals surface area (Å²) in [5.74, 6) is 0. The third-order valence-electron chi connectivity index (χ3n) is 0.515. The van der Waals surface area contributed by atoms with Crippen LogP contribution in [0.3, 0.4) is 0 Å². The van der Waals surface area contributed by atoms with Crippen LogP contribution in [-0.4, -0.2) is 15.9 Å². The van der Waals surface area contributed by atoms with E-state index in [0.29, 0.717) is 6.42 Å². The fourth-order valence-electron chi connectivity index (χ4n) is 0.291. The van der Waals surface area contributed by atoms with Crippen LogP contribution in [0.25, 0.3) is 0 Å². The first kappa shape index (κ1) is 11.5. The first-order chi connectivity index (χ1) is 3.06. The van der Waals surface area contributed by atoms with E-state index in [4.69, 9.17) is 9.79 Å². The van der Waals surface area contributed by atoms with Gasteiger partial charge >= 0.3 is 7.60 Å². The van der Waals surface area contributed by atoms with Gasteiger partial charge in [-0.2, -0.15) is 0 Å². The van der Waals surface area contributed by atoms with Gasteiger partial charge in [0.15, 0.2) is 0 Å². The molecule has 0 aliphatic rings. The van der Waals surface area contributed by atoms with E-state index < -0.39 is 7.60 Å². The normalized spacial score (nSPS) is 10.4. The van der Waals surface area contributed by atoms with Gasteiger partial charge in [-0.05, 0) is 6.42 Å². The molecule has 0 aliphatic carbocycles. The minimum Gasteiger partial charge on any atom is -0.324 e. The van der Waals surface area contributed by atoms with Crippen molar-refractivity contribution in [2.45, 2.75) is 13.3 Å². The predicted molar refractivity (Wildman–Crippen MR) is 27.2 cm³/mol. The summed E-state index contributed by atoms with van der Waals surface area (Å²) in [6.07, 6.45) is 0.553. The van der Waals surface area contributed by atoms with Gasteiger partial charge in [0.2, 0.25) is 0 Å². The van der Waals surface area contributed by atoms with Crippen molar-refractivity contribution < 1.29 is 31.4 Å². The van der Waals surface area contributed by atoms with E-state index in [9.17, 15) is 4.57 Å². The molecule has 3 nitrogen and oxygen atoms in total. The Morgan fingerprint density at radius 3 is 1.88 bits per heavy atom. The molecule has 0 aromatic carbocycles. The maximum absolute atomic E-state index is 9.93. The molecule has 0 amide bonds. The predicted octanol–water partition coefficient (Wildman–Crippen LogP) is 0.572. The van der Waals surface area contributed by atoms with Crippen molar-refractivity contribution in [1.82, 2.24) is 0 Å².